The van der Waals surface area contributed by atoms with E-state index in [4.69, 9.17) is 9.26 Å². The first kappa shape index (κ1) is 53.7. The van der Waals surface area contributed by atoms with Crippen LogP contribution in [0.2, 0.25) is 0 Å². The minimum Gasteiger partial charge on any atom is -0.507 e. The Balaban J connectivity index is 0.779. The zero-order valence-corrected chi connectivity index (χ0v) is 43.1. The molecule has 73 heavy (non-hydrogen) atoms. The highest BCUT2D eigenvalue weighted by molar-refractivity contribution is 7.13. The summed E-state index contributed by atoms with van der Waals surface area (Å²) in [6, 6.07) is 17.3. The first-order valence-electron chi connectivity index (χ1n) is 24.8. The van der Waals surface area contributed by atoms with Crippen molar-refractivity contribution >= 4 is 46.8 Å². The van der Waals surface area contributed by atoms with Gasteiger partial charge in [0.2, 0.25) is 17.7 Å². The van der Waals surface area contributed by atoms with Crippen LogP contribution in [0.15, 0.2) is 76.8 Å². The number of benzene rings is 3. The first-order valence-corrected chi connectivity index (χ1v) is 25.6. The molecule has 4 atom stereocenters. The molecule has 0 saturated carbocycles. The van der Waals surface area contributed by atoms with Crippen molar-refractivity contribution in [1.82, 2.24) is 41.2 Å². The molecule has 388 valence electrons. The smallest absolute Gasteiger partial charge is 0.273 e. The minimum absolute atomic E-state index is 0.000562. The molecule has 1 aliphatic carbocycles. The van der Waals surface area contributed by atoms with Crippen molar-refractivity contribution in [2.24, 2.45) is 5.41 Å². The number of amides is 6. The second-order valence-corrected chi connectivity index (χ2v) is 20.9. The van der Waals surface area contributed by atoms with Crippen LogP contribution in [0.1, 0.15) is 121 Å². The Kier molecular flexibility index (Phi) is 17.7. The predicted molar refractivity (Wildman–Crippen MR) is 274 cm³/mol. The van der Waals surface area contributed by atoms with Gasteiger partial charge in [0.05, 0.1) is 33.8 Å². The van der Waals surface area contributed by atoms with E-state index in [0.29, 0.717) is 30.7 Å². The molecule has 1 unspecified atom stereocenters. The maximum atomic E-state index is 14.0. The number of hydrogen-bond acceptors (Lipinski definition) is 13. The number of nitrogens with one attached hydrogen (secondary N) is 4. The summed E-state index contributed by atoms with van der Waals surface area (Å²) in [4.78, 5) is 87.0. The van der Waals surface area contributed by atoms with Crippen LogP contribution in [0, 0.1) is 12.3 Å². The number of fused-ring (bicyclic) bond motifs is 1. The summed E-state index contributed by atoms with van der Waals surface area (Å²) in [5.41, 5.74) is 6.64. The van der Waals surface area contributed by atoms with Crippen molar-refractivity contribution in [2.75, 3.05) is 33.8 Å². The molecule has 0 spiro atoms. The van der Waals surface area contributed by atoms with E-state index in [9.17, 15) is 39.0 Å². The van der Waals surface area contributed by atoms with Gasteiger partial charge in [0.25, 0.3) is 17.7 Å². The fourth-order valence-corrected chi connectivity index (χ4v) is 9.87. The number of carbonyl (C=O) groups is 6. The van der Waals surface area contributed by atoms with Crippen molar-refractivity contribution in [3.63, 3.8) is 0 Å². The molecule has 7 rings (SSSR count). The number of unbranched alkanes of at least 4 members (excludes halogenated alkanes) is 4. The number of likely N-dealkylation sites (tertiary alicyclic amines) is 1. The molecule has 6 N–H and O–H groups in total. The molecule has 2 aromatic heterocycles. The van der Waals surface area contributed by atoms with Crippen molar-refractivity contribution in [1.29, 1.82) is 0 Å². The molecular formula is C54H66N8O10S. The quantitative estimate of drug-likeness (QED) is 0.0448. The van der Waals surface area contributed by atoms with Gasteiger partial charge in [-0.2, -0.15) is 0 Å². The van der Waals surface area contributed by atoms with E-state index >= 15 is 0 Å². The van der Waals surface area contributed by atoms with E-state index in [2.05, 4.69) is 31.4 Å². The van der Waals surface area contributed by atoms with E-state index in [1.165, 1.54) is 28.0 Å². The lowest BCUT2D eigenvalue weighted by molar-refractivity contribution is -0.144. The van der Waals surface area contributed by atoms with Gasteiger partial charge in [-0.1, -0.05) is 81.6 Å². The second kappa shape index (κ2) is 24.1. The molecule has 5 aromatic rings. The standard InChI is InChI=1S/C54H66N8O10S/c1-32-48(73-31-57-32)35-15-13-33(14-16-35)28-56-51(68)43-25-37(63)29-62(43)53(70)49(54(2,3)4)59-46(65)12-10-8-7-9-11-23-55-47(66)30-71-38-20-17-34-19-22-41(40(34)26-38)58-50(67)42-27-45(72-60-42)36-18-21-39(44(64)24-36)52(69)61(5)6/h13-18,20-21,24,26-27,31,37,41,43,49,63-64H,7-12,19,22-23,25,28-30H2,1-6H3,(H,55,66)(H,56,68)(H,58,67)(H,59,65)/t37-,41-,43+,49?/m1/s1. The van der Waals surface area contributed by atoms with Gasteiger partial charge in [0.1, 0.15) is 23.6 Å². The zero-order chi connectivity index (χ0) is 52.4. The van der Waals surface area contributed by atoms with Gasteiger partial charge in [-0.3, -0.25) is 28.8 Å². The molecule has 3 heterocycles. The summed E-state index contributed by atoms with van der Waals surface area (Å²) in [5, 5.41) is 36.7. The van der Waals surface area contributed by atoms with Gasteiger partial charge in [-0.15, -0.1) is 11.3 Å². The first-order chi connectivity index (χ1) is 34.9. The number of nitrogens with zero attached hydrogens (tertiary/aromatic N) is 4. The molecule has 1 aliphatic heterocycles. The van der Waals surface area contributed by atoms with Crippen LogP contribution in [-0.2, 0) is 32.1 Å². The van der Waals surface area contributed by atoms with Gasteiger partial charge in [0.15, 0.2) is 18.1 Å². The fraction of sp³-hybridized carbons (Fsp3) is 0.444. The zero-order valence-electron chi connectivity index (χ0n) is 42.3. The lowest BCUT2D eigenvalue weighted by Crippen LogP contribution is -2.57. The topological polar surface area (TPSA) is 246 Å². The van der Waals surface area contributed by atoms with Gasteiger partial charge in [-0.05, 0) is 84.5 Å². The molecule has 18 nitrogen and oxygen atoms in total. The Bertz CT molecular complexity index is 2780. The number of ether oxygens (including phenoxy) is 1. The summed E-state index contributed by atoms with van der Waals surface area (Å²) in [7, 11) is 3.18. The van der Waals surface area contributed by atoms with Crippen molar-refractivity contribution in [3.05, 3.63) is 106 Å². The summed E-state index contributed by atoms with van der Waals surface area (Å²) >= 11 is 1.57. The number of aryl methyl sites for hydroxylation is 2. The maximum Gasteiger partial charge on any atom is 0.273 e. The van der Waals surface area contributed by atoms with Crippen molar-refractivity contribution < 1.29 is 48.2 Å². The monoisotopic (exact) mass is 1020 g/mol. The van der Waals surface area contributed by atoms with E-state index in [1.807, 2.05) is 69.6 Å². The lowest BCUT2D eigenvalue weighted by Gasteiger charge is -2.35. The number of aliphatic hydroxyl groups is 1. The Morgan fingerprint density at radius 2 is 1.66 bits per heavy atom. The molecule has 1 fully saturated rings. The Labute approximate surface area is 429 Å². The number of aliphatic hydroxyl groups excluding tert-OH is 1. The Morgan fingerprint density at radius 1 is 0.918 bits per heavy atom. The van der Waals surface area contributed by atoms with Crippen LogP contribution in [0.3, 0.4) is 0 Å². The highest BCUT2D eigenvalue weighted by Gasteiger charge is 2.44. The number of thiazole rings is 1. The molecule has 0 radical (unpaired) electrons. The van der Waals surface area contributed by atoms with Gasteiger partial charge in [0, 0.05) is 58.2 Å². The predicted octanol–water partition coefficient (Wildman–Crippen LogP) is 6.24. The normalized spacial score (nSPS) is 16.6. The molecule has 19 heteroatoms. The van der Waals surface area contributed by atoms with E-state index in [-0.39, 0.29) is 85.0 Å². The molecule has 3 aromatic carbocycles. The largest absolute Gasteiger partial charge is 0.507 e. The highest BCUT2D eigenvalue weighted by Crippen LogP contribution is 2.35. The number of rotatable bonds is 21. The van der Waals surface area contributed by atoms with Gasteiger partial charge in [-0.25, -0.2) is 4.98 Å². The van der Waals surface area contributed by atoms with Crippen LogP contribution >= 0.6 is 11.3 Å². The number of aromatic hydroxyl groups is 1. The average Bonchev–Trinajstić information content (AvgIpc) is 4.19. The fourth-order valence-electron chi connectivity index (χ4n) is 9.06. The van der Waals surface area contributed by atoms with Crippen molar-refractivity contribution in [3.8, 4) is 33.3 Å². The lowest BCUT2D eigenvalue weighted by atomic mass is 9.85. The molecule has 0 bridgehead atoms. The Hall–Kier alpha value is -7.12. The summed E-state index contributed by atoms with van der Waals surface area (Å²) in [6.45, 7) is 8.09. The minimum atomic E-state index is -0.900. The third-order valence-electron chi connectivity index (χ3n) is 13.1. The summed E-state index contributed by atoms with van der Waals surface area (Å²) < 4.78 is 11.2. The third kappa shape index (κ3) is 13.9. The molecule has 6 amide bonds. The molecular weight excluding hydrogens is 953 g/mol. The second-order valence-electron chi connectivity index (χ2n) is 20.0. The number of carbonyl (C=O) groups excluding carboxylic acids is 6. The number of phenolic OH excluding ortho intramolecular Hbond substituents is 1. The van der Waals surface area contributed by atoms with Crippen LogP contribution in [0.4, 0.5) is 0 Å². The van der Waals surface area contributed by atoms with Crippen LogP contribution in [0.5, 0.6) is 11.5 Å². The Morgan fingerprint density at radius 3 is 2.37 bits per heavy atom. The van der Waals surface area contributed by atoms with Gasteiger partial charge < -0.3 is 50.5 Å². The number of hydrogen-bond donors (Lipinski definition) is 6. The van der Waals surface area contributed by atoms with Crippen LogP contribution in [0.25, 0.3) is 21.8 Å². The van der Waals surface area contributed by atoms with E-state index < -0.39 is 35.4 Å². The number of aromatic nitrogens is 2. The van der Waals surface area contributed by atoms with E-state index in [0.717, 1.165) is 64.9 Å². The van der Waals surface area contributed by atoms with Crippen LogP contribution < -0.4 is 26.0 Å². The average molecular weight is 1020 g/mol. The summed E-state index contributed by atoms with van der Waals surface area (Å²) in [6.07, 6.45) is 4.72. The molecule has 2 aliphatic rings. The number of β-amino-alcohol motifs (C(OH)–C–C–N with tert-alkyl or cyclic N) is 1. The molecule has 1 saturated heterocycles. The maximum absolute atomic E-state index is 14.0. The third-order valence-corrected chi connectivity index (χ3v) is 14.1. The SMILES string of the molecule is Cc1ncsc1-c1ccc(CNC(=O)[C@@H]2C[C@@H](O)CN2C(=O)C(NC(=O)CCCCCCCNC(=O)COc2ccc3c(c2)[C@H](NC(=O)c2cc(-c4ccc(C(=O)N(C)C)c(O)c4)on2)CC3)C(C)(C)C)cc1. The van der Waals surface area contributed by atoms with E-state index in [1.54, 1.807) is 37.6 Å². The summed E-state index contributed by atoms with van der Waals surface area (Å²) in [5.74, 6) is -1.55. The number of phenols is 1. The van der Waals surface area contributed by atoms with Gasteiger partial charge >= 0.3 is 0 Å². The van der Waals surface area contributed by atoms with Crippen molar-refractivity contribution in [2.45, 2.75) is 116 Å². The highest BCUT2D eigenvalue weighted by atomic mass is 32.1. The van der Waals surface area contributed by atoms with Crippen LogP contribution in [-0.4, -0.2) is 118 Å².